The zero-order valence-electron chi connectivity index (χ0n) is 7.52. The molecule has 0 aromatic carbocycles. The van der Waals surface area contributed by atoms with Gasteiger partial charge in [-0.15, -0.1) is 0 Å². The largest absolute Gasteiger partial charge is 0.470 e. The number of aromatic nitrogens is 3. The minimum atomic E-state index is 0.511. The highest BCUT2D eigenvalue weighted by molar-refractivity contribution is 7.19. The van der Waals surface area contributed by atoms with Gasteiger partial charge in [-0.1, -0.05) is 11.3 Å². The zero-order chi connectivity index (χ0) is 9.97. The molecule has 14 heavy (non-hydrogen) atoms. The van der Waals surface area contributed by atoms with Gasteiger partial charge in [0.25, 0.3) is 5.19 Å². The van der Waals surface area contributed by atoms with Crippen LogP contribution in [-0.2, 0) is 0 Å². The molecule has 0 aliphatic carbocycles. The number of hydrazine groups is 1. The Morgan fingerprint density at radius 1 is 1.57 bits per heavy atom. The average Bonchev–Trinajstić information content (AvgIpc) is 2.60. The number of hydrogen-bond donors (Lipinski definition) is 2. The lowest BCUT2D eigenvalue weighted by atomic mass is 10.5. The van der Waals surface area contributed by atoms with Gasteiger partial charge in [0, 0.05) is 0 Å². The first-order valence-corrected chi connectivity index (χ1v) is 4.87. The van der Waals surface area contributed by atoms with Crippen LogP contribution in [0.15, 0.2) is 6.33 Å². The molecule has 2 aromatic heterocycles. The maximum Gasteiger partial charge on any atom is 0.275 e. The predicted octanol–water partition coefficient (Wildman–Crippen LogP) is 0.771. The summed E-state index contributed by atoms with van der Waals surface area (Å²) in [6, 6.07) is 0. The number of hydrogen-bond acceptors (Lipinski definition) is 7. The van der Waals surface area contributed by atoms with Crippen LogP contribution in [0.1, 0.15) is 6.92 Å². The molecule has 0 atom stereocenters. The number of ether oxygens (including phenoxy) is 1. The van der Waals surface area contributed by atoms with Gasteiger partial charge in [0.15, 0.2) is 10.6 Å². The Kier molecular flexibility index (Phi) is 2.42. The summed E-state index contributed by atoms with van der Waals surface area (Å²) in [4.78, 5) is 13.0. The first-order chi connectivity index (χ1) is 6.85. The molecule has 0 aliphatic rings. The van der Waals surface area contributed by atoms with E-state index in [0.717, 1.165) is 4.83 Å². The van der Waals surface area contributed by atoms with Gasteiger partial charge in [-0.05, 0) is 6.92 Å². The number of nitrogen functional groups attached to an aromatic ring is 1. The van der Waals surface area contributed by atoms with Crippen LogP contribution in [0.3, 0.4) is 0 Å². The molecule has 7 heteroatoms. The van der Waals surface area contributed by atoms with Gasteiger partial charge in [-0.3, -0.25) is 0 Å². The highest BCUT2D eigenvalue weighted by Crippen LogP contribution is 2.28. The first-order valence-electron chi connectivity index (χ1n) is 4.06. The lowest BCUT2D eigenvalue weighted by Gasteiger charge is -1.96. The van der Waals surface area contributed by atoms with E-state index in [-0.39, 0.29) is 0 Å². The van der Waals surface area contributed by atoms with Crippen molar-refractivity contribution in [1.82, 2.24) is 15.0 Å². The van der Waals surface area contributed by atoms with Crippen molar-refractivity contribution in [2.45, 2.75) is 6.92 Å². The molecule has 0 amide bonds. The Balaban J connectivity index is 2.52. The van der Waals surface area contributed by atoms with E-state index in [1.54, 1.807) is 0 Å². The van der Waals surface area contributed by atoms with Gasteiger partial charge < -0.3 is 10.2 Å². The Morgan fingerprint density at radius 3 is 3.14 bits per heavy atom. The molecule has 2 rings (SSSR count). The second kappa shape index (κ2) is 3.72. The van der Waals surface area contributed by atoms with E-state index in [1.807, 2.05) is 6.92 Å². The minimum Gasteiger partial charge on any atom is -0.470 e. The Morgan fingerprint density at radius 2 is 2.43 bits per heavy atom. The molecular weight excluding hydrogens is 202 g/mol. The van der Waals surface area contributed by atoms with Gasteiger partial charge in [-0.25, -0.2) is 15.8 Å². The molecule has 0 bridgehead atoms. The SMILES string of the molecule is CCOc1nc2c(NN)ncnc2s1. The lowest BCUT2D eigenvalue weighted by Crippen LogP contribution is -2.09. The average molecular weight is 211 g/mol. The van der Waals surface area contributed by atoms with Crippen LogP contribution < -0.4 is 16.0 Å². The van der Waals surface area contributed by atoms with Gasteiger partial charge in [0.2, 0.25) is 0 Å². The second-order valence-corrected chi connectivity index (χ2v) is 3.37. The molecule has 6 nitrogen and oxygen atoms in total. The van der Waals surface area contributed by atoms with E-state index >= 15 is 0 Å². The third-order valence-electron chi connectivity index (χ3n) is 1.58. The molecule has 0 aliphatic heterocycles. The van der Waals surface area contributed by atoms with Crippen LogP contribution in [0.2, 0.25) is 0 Å². The van der Waals surface area contributed by atoms with E-state index in [1.165, 1.54) is 17.7 Å². The van der Waals surface area contributed by atoms with E-state index in [2.05, 4.69) is 20.4 Å². The summed E-state index contributed by atoms with van der Waals surface area (Å²) >= 11 is 1.37. The highest BCUT2D eigenvalue weighted by atomic mass is 32.1. The monoisotopic (exact) mass is 211 g/mol. The van der Waals surface area contributed by atoms with E-state index in [4.69, 9.17) is 10.6 Å². The Bertz CT molecular complexity index is 443. The maximum atomic E-state index is 5.28. The standard InChI is InChI=1S/C7H9N5OS/c1-2-13-7-11-4-5(12-8)9-3-10-6(4)14-7/h3H,2,8H2,1H3,(H,9,10,12). The van der Waals surface area contributed by atoms with Crippen LogP contribution in [0, 0.1) is 0 Å². The van der Waals surface area contributed by atoms with Crippen molar-refractivity contribution < 1.29 is 4.74 Å². The summed E-state index contributed by atoms with van der Waals surface area (Å²) in [5.74, 6) is 5.79. The third kappa shape index (κ3) is 1.47. The maximum absolute atomic E-state index is 5.28. The van der Waals surface area contributed by atoms with Gasteiger partial charge in [0.1, 0.15) is 11.8 Å². The second-order valence-electron chi connectivity index (χ2n) is 2.43. The summed E-state index contributed by atoms with van der Waals surface area (Å²) in [6.07, 6.45) is 1.44. The molecule has 74 valence electrons. The fourth-order valence-corrected chi connectivity index (χ4v) is 1.84. The fourth-order valence-electron chi connectivity index (χ4n) is 1.03. The highest BCUT2D eigenvalue weighted by Gasteiger charge is 2.09. The summed E-state index contributed by atoms with van der Waals surface area (Å²) < 4.78 is 5.26. The summed E-state index contributed by atoms with van der Waals surface area (Å²) in [5, 5.41) is 0.583. The third-order valence-corrected chi connectivity index (χ3v) is 2.46. The summed E-state index contributed by atoms with van der Waals surface area (Å²) in [6.45, 7) is 2.48. The van der Waals surface area contributed by atoms with Crippen molar-refractivity contribution >= 4 is 27.5 Å². The van der Waals surface area contributed by atoms with Gasteiger partial charge in [0.05, 0.1) is 6.61 Å². The molecule has 0 unspecified atom stereocenters. The van der Waals surface area contributed by atoms with E-state index < -0.39 is 0 Å². The number of nitrogens with zero attached hydrogens (tertiary/aromatic N) is 3. The van der Waals surface area contributed by atoms with Crippen LogP contribution >= 0.6 is 11.3 Å². The van der Waals surface area contributed by atoms with E-state index in [0.29, 0.717) is 23.1 Å². The molecule has 2 aromatic rings. The van der Waals surface area contributed by atoms with E-state index in [9.17, 15) is 0 Å². The van der Waals surface area contributed by atoms with Crippen molar-refractivity contribution in [2.24, 2.45) is 5.84 Å². The minimum absolute atomic E-state index is 0.511. The van der Waals surface area contributed by atoms with Crippen molar-refractivity contribution in [2.75, 3.05) is 12.0 Å². The van der Waals surface area contributed by atoms with Crippen LogP contribution in [0.4, 0.5) is 5.82 Å². The molecule has 3 N–H and O–H groups in total. The fraction of sp³-hybridized carbons (Fsp3) is 0.286. The van der Waals surface area contributed by atoms with Crippen molar-refractivity contribution in [3.05, 3.63) is 6.33 Å². The van der Waals surface area contributed by atoms with Crippen molar-refractivity contribution in [3.63, 3.8) is 0 Å². The predicted molar refractivity (Wildman–Crippen MR) is 54.2 cm³/mol. The Hall–Kier alpha value is -1.47. The molecular formula is C7H9N5OS. The number of nitrogens with two attached hydrogens (primary N) is 1. The lowest BCUT2D eigenvalue weighted by molar-refractivity contribution is 0.339. The molecule has 2 heterocycles. The molecule has 0 fully saturated rings. The van der Waals surface area contributed by atoms with Gasteiger partial charge >= 0.3 is 0 Å². The zero-order valence-corrected chi connectivity index (χ0v) is 8.34. The number of anilines is 1. The van der Waals surface area contributed by atoms with Crippen LogP contribution in [-0.4, -0.2) is 21.6 Å². The van der Waals surface area contributed by atoms with Crippen LogP contribution in [0.25, 0.3) is 10.3 Å². The normalized spacial score (nSPS) is 10.4. The van der Waals surface area contributed by atoms with Crippen LogP contribution in [0.5, 0.6) is 5.19 Å². The summed E-state index contributed by atoms with van der Waals surface area (Å²) in [5.41, 5.74) is 3.10. The molecule has 0 spiro atoms. The van der Waals surface area contributed by atoms with Crippen molar-refractivity contribution in [1.29, 1.82) is 0 Å². The summed E-state index contributed by atoms with van der Waals surface area (Å²) in [7, 11) is 0. The van der Waals surface area contributed by atoms with Gasteiger partial charge in [-0.2, -0.15) is 4.98 Å². The number of rotatable bonds is 3. The topological polar surface area (TPSA) is 86.0 Å². The van der Waals surface area contributed by atoms with Crippen molar-refractivity contribution in [3.8, 4) is 5.19 Å². The quantitative estimate of drug-likeness (QED) is 0.576. The number of fused-ring (bicyclic) bond motifs is 1. The Labute approximate surface area is 84.1 Å². The smallest absolute Gasteiger partial charge is 0.275 e. The number of thiazole rings is 1. The molecule has 0 saturated carbocycles. The molecule has 0 saturated heterocycles. The number of nitrogens with one attached hydrogen (secondary N) is 1. The first kappa shape index (κ1) is 9.10. The molecule has 0 radical (unpaired) electrons.